The summed E-state index contributed by atoms with van der Waals surface area (Å²) in [5, 5.41) is 9.98. The number of furan rings is 1. The SMILES string of the molecule is CC1(C)c2ccc(-c3c4ccccc4c(-c4ccc5c(c4)oc4ccccc45)c4ccccc34)cc2-c2ccc3ccccc3c21. The molecule has 216 valence electrons. The summed E-state index contributed by atoms with van der Waals surface area (Å²) in [6, 6.07) is 53.4. The summed E-state index contributed by atoms with van der Waals surface area (Å²) in [6.07, 6.45) is 0. The van der Waals surface area contributed by atoms with Crippen molar-refractivity contribution in [2.75, 3.05) is 0 Å². The van der Waals surface area contributed by atoms with E-state index >= 15 is 0 Å². The second-order valence-corrected chi connectivity index (χ2v) is 13.2. The van der Waals surface area contributed by atoms with E-state index in [0.29, 0.717) is 0 Å². The Bertz CT molecular complexity index is 2660. The molecule has 0 bridgehead atoms. The molecule has 1 heterocycles. The molecule has 0 saturated heterocycles. The molecule has 1 aliphatic carbocycles. The van der Waals surface area contributed by atoms with E-state index in [1.54, 1.807) is 0 Å². The smallest absolute Gasteiger partial charge is 0.136 e. The summed E-state index contributed by atoms with van der Waals surface area (Å²) in [5.74, 6) is 0. The van der Waals surface area contributed by atoms with Gasteiger partial charge in [-0.15, -0.1) is 0 Å². The van der Waals surface area contributed by atoms with E-state index in [1.807, 2.05) is 12.1 Å². The fraction of sp³-hybridized carbons (Fsp3) is 0.0667. The van der Waals surface area contributed by atoms with Crippen LogP contribution in [0.2, 0.25) is 0 Å². The first-order valence-electron chi connectivity index (χ1n) is 16.1. The van der Waals surface area contributed by atoms with Gasteiger partial charge in [0.1, 0.15) is 11.2 Å². The van der Waals surface area contributed by atoms with Gasteiger partial charge in [-0.05, 0) is 101 Å². The van der Waals surface area contributed by atoms with Crippen LogP contribution in [0, 0.1) is 0 Å². The Labute approximate surface area is 267 Å². The van der Waals surface area contributed by atoms with Crippen LogP contribution in [0.5, 0.6) is 0 Å². The third kappa shape index (κ3) is 3.40. The highest BCUT2D eigenvalue weighted by molar-refractivity contribution is 6.22. The van der Waals surface area contributed by atoms with Gasteiger partial charge in [0.15, 0.2) is 0 Å². The van der Waals surface area contributed by atoms with Crippen LogP contribution in [0.4, 0.5) is 0 Å². The van der Waals surface area contributed by atoms with Crippen molar-refractivity contribution in [2.24, 2.45) is 0 Å². The van der Waals surface area contributed by atoms with Crippen LogP contribution in [0.25, 0.3) is 87.6 Å². The fourth-order valence-corrected chi connectivity index (χ4v) is 8.40. The predicted molar refractivity (Wildman–Crippen MR) is 195 cm³/mol. The van der Waals surface area contributed by atoms with Crippen LogP contribution < -0.4 is 0 Å². The molecule has 10 rings (SSSR count). The highest BCUT2D eigenvalue weighted by atomic mass is 16.3. The predicted octanol–water partition coefficient (Wildman–Crippen LogP) is 12.7. The zero-order chi connectivity index (χ0) is 30.6. The minimum Gasteiger partial charge on any atom is -0.456 e. The Balaban J connectivity index is 1.24. The average molecular weight is 587 g/mol. The van der Waals surface area contributed by atoms with E-state index in [1.165, 1.54) is 76.8 Å². The van der Waals surface area contributed by atoms with Crippen LogP contribution in [0.15, 0.2) is 150 Å². The lowest BCUT2D eigenvalue weighted by Crippen LogP contribution is -2.15. The molecule has 0 unspecified atom stereocenters. The largest absolute Gasteiger partial charge is 0.456 e. The lowest BCUT2D eigenvalue weighted by Gasteiger charge is -2.23. The minimum atomic E-state index is -0.0760. The summed E-state index contributed by atoms with van der Waals surface area (Å²) >= 11 is 0. The van der Waals surface area contributed by atoms with Crippen LogP contribution in [-0.2, 0) is 5.41 Å². The Morgan fingerprint density at radius 2 is 0.957 bits per heavy atom. The Morgan fingerprint density at radius 3 is 1.65 bits per heavy atom. The van der Waals surface area contributed by atoms with E-state index in [9.17, 15) is 0 Å². The van der Waals surface area contributed by atoms with Gasteiger partial charge in [-0.1, -0.05) is 135 Å². The van der Waals surface area contributed by atoms with E-state index in [2.05, 4.69) is 147 Å². The molecule has 0 atom stereocenters. The Hall–Kier alpha value is -5.66. The van der Waals surface area contributed by atoms with E-state index < -0.39 is 0 Å². The third-order valence-electron chi connectivity index (χ3n) is 10.4. The van der Waals surface area contributed by atoms with Crippen LogP contribution in [0.1, 0.15) is 25.0 Å². The lowest BCUT2D eigenvalue weighted by molar-refractivity contribution is 0.666. The molecule has 9 aromatic rings. The number of rotatable bonds is 2. The second-order valence-electron chi connectivity index (χ2n) is 13.2. The molecule has 0 radical (unpaired) electrons. The molecule has 1 nitrogen and oxygen atoms in total. The number of fused-ring (bicyclic) bond motifs is 10. The highest BCUT2D eigenvalue weighted by Crippen LogP contribution is 2.53. The number of hydrogen-bond acceptors (Lipinski definition) is 1. The van der Waals surface area contributed by atoms with Crippen LogP contribution in [0.3, 0.4) is 0 Å². The van der Waals surface area contributed by atoms with Gasteiger partial charge in [-0.2, -0.15) is 0 Å². The summed E-state index contributed by atoms with van der Waals surface area (Å²) in [6.45, 7) is 4.75. The standard InChI is InChI=1S/C45H30O/c1-45(2)39-24-21-28(25-38(39)37-23-19-27-11-3-4-12-30(27)44(37)45)42-33-14-5-7-16-35(33)43(36-17-8-6-15-34(36)42)29-20-22-32-31-13-9-10-18-40(31)46-41(32)26-29/h3-26H,1-2H3. The van der Waals surface area contributed by atoms with E-state index in [0.717, 1.165) is 21.9 Å². The first-order chi connectivity index (χ1) is 22.6. The maximum Gasteiger partial charge on any atom is 0.136 e. The van der Waals surface area contributed by atoms with Gasteiger partial charge in [-0.25, -0.2) is 0 Å². The van der Waals surface area contributed by atoms with Gasteiger partial charge in [0, 0.05) is 16.2 Å². The van der Waals surface area contributed by atoms with Gasteiger partial charge in [-0.3, -0.25) is 0 Å². The first kappa shape index (κ1) is 25.6. The summed E-state index contributed by atoms with van der Waals surface area (Å²) in [5.41, 5.74) is 12.2. The second kappa shape index (κ2) is 9.19. The van der Waals surface area contributed by atoms with Crippen molar-refractivity contribution in [3.8, 4) is 33.4 Å². The molecule has 0 N–H and O–H groups in total. The quantitative estimate of drug-likeness (QED) is 0.184. The molecule has 46 heavy (non-hydrogen) atoms. The van der Waals surface area contributed by atoms with Crippen molar-refractivity contribution in [2.45, 2.75) is 19.3 Å². The van der Waals surface area contributed by atoms with Crippen LogP contribution in [-0.4, -0.2) is 0 Å². The van der Waals surface area contributed by atoms with E-state index in [-0.39, 0.29) is 5.41 Å². The van der Waals surface area contributed by atoms with Gasteiger partial charge in [0.25, 0.3) is 0 Å². The van der Waals surface area contributed by atoms with Crippen LogP contribution >= 0.6 is 0 Å². The zero-order valence-electron chi connectivity index (χ0n) is 25.8. The van der Waals surface area contributed by atoms with Gasteiger partial charge >= 0.3 is 0 Å². The average Bonchev–Trinajstić information content (AvgIpc) is 3.58. The zero-order valence-corrected chi connectivity index (χ0v) is 25.8. The third-order valence-corrected chi connectivity index (χ3v) is 10.4. The Morgan fingerprint density at radius 1 is 0.413 bits per heavy atom. The molecule has 1 heteroatoms. The van der Waals surface area contributed by atoms with Crippen molar-refractivity contribution in [3.05, 3.63) is 157 Å². The molecule has 1 aliphatic rings. The Kier molecular flexibility index (Phi) is 5.12. The molecule has 0 amide bonds. The van der Waals surface area contributed by atoms with Crippen molar-refractivity contribution >= 4 is 54.3 Å². The molecular formula is C45H30O. The molecule has 0 saturated carbocycles. The monoisotopic (exact) mass is 586 g/mol. The normalized spacial score (nSPS) is 13.6. The molecule has 0 aliphatic heterocycles. The summed E-state index contributed by atoms with van der Waals surface area (Å²) < 4.78 is 6.35. The number of hydrogen-bond donors (Lipinski definition) is 0. The summed E-state index contributed by atoms with van der Waals surface area (Å²) in [4.78, 5) is 0. The van der Waals surface area contributed by atoms with Crippen molar-refractivity contribution in [1.82, 2.24) is 0 Å². The van der Waals surface area contributed by atoms with Gasteiger partial charge in [0.2, 0.25) is 0 Å². The molecule has 1 aromatic heterocycles. The number of benzene rings is 8. The van der Waals surface area contributed by atoms with E-state index in [4.69, 9.17) is 4.42 Å². The maximum absolute atomic E-state index is 6.35. The fourth-order valence-electron chi connectivity index (χ4n) is 8.40. The van der Waals surface area contributed by atoms with Gasteiger partial charge < -0.3 is 4.42 Å². The number of para-hydroxylation sites is 1. The van der Waals surface area contributed by atoms with Gasteiger partial charge in [0.05, 0.1) is 0 Å². The molecule has 0 spiro atoms. The molecule has 0 fully saturated rings. The van der Waals surface area contributed by atoms with Crippen molar-refractivity contribution in [3.63, 3.8) is 0 Å². The highest BCUT2D eigenvalue weighted by Gasteiger charge is 2.37. The minimum absolute atomic E-state index is 0.0760. The topological polar surface area (TPSA) is 13.1 Å². The molecule has 8 aromatic carbocycles. The maximum atomic E-state index is 6.35. The molecular weight excluding hydrogens is 556 g/mol. The van der Waals surface area contributed by atoms with Crippen molar-refractivity contribution in [1.29, 1.82) is 0 Å². The van der Waals surface area contributed by atoms with Crippen molar-refractivity contribution < 1.29 is 4.42 Å². The first-order valence-corrected chi connectivity index (χ1v) is 16.1. The lowest BCUT2D eigenvalue weighted by atomic mass is 9.80. The summed E-state index contributed by atoms with van der Waals surface area (Å²) in [7, 11) is 0.